The lowest BCUT2D eigenvalue weighted by atomic mass is 9.87. The van der Waals surface area contributed by atoms with E-state index < -0.39 is 0 Å². The zero-order valence-electron chi connectivity index (χ0n) is 11.7. The van der Waals surface area contributed by atoms with Crippen LogP contribution in [0.15, 0.2) is 6.20 Å². The van der Waals surface area contributed by atoms with Gasteiger partial charge in [0, 0.05) is 17.0 Å². The lowest BCUT2D eigenvalue weighted by Gasteiger charge is -2.24. The van der Waals surface area contributed by atoms with Crippen molar-refractivity contribution in [2.24, 2.45) is 0 Å². The van der Waals surface area contributed by atoms with Crippen molar-refractivity contribution < 1.29 is 0 Å². The molecule has 0 saturated carbocycles. The first kappa shape index (κ1) is 13.1. The maximum atomic E-state index is 4.77. The van der Waals surface area contributed by atoms with Crippen molar-refractivity contribution in [1.82, 2.24) is 9.97 Å². The van der Waals surface area contributed by atoms with Crippen LogP contribution in [0.2, 0.25) is 0 Å². The Morgan fingerprint density at radius 2 is 1.56 bits per heavy atom. The highest BCUT2D eigenvalue weighted by Crippen LogP contribution is 2.27. The van der Waals surface area contributed by atoms with Crippen molar-refractivity contribution in [1.29, 1.82) is 0 Å². The molecule has 16 heavy (non-hydrogen) atoms. The van der Waals surface area contributed by atoms with Crippen LogP contribution < -0.4 is 0 Å². The highest BCUT2D eigenvalue weighted by atomic mass is 14.9. The van der Waals surface area contributed by atoms with Gasteiger partial charge in [-0.2, -0.15) is 0 Å². The Labute approximate surface area is 99.5 Å². The fraction of sp³-hybridized carbons (Fsp3) is 0.714. The van der Waals surface area contributed by atoms with Gasteiger partial charge in [0.1, 0.15) is 5.82 Å². The number of aryl methyl sites for hydroxylation is 1. The van der Waals surface area contributed by atoms with E-state index in [4.69, 9.17) is 4.98 Å². The quantitative estimate of drug-likeness (QED) is 0.722. The van der Waals surface area contributed by atoms with Crippen LogP contribution in [0, 0.1) is 0 Å². The van der Waals surface area contributed by atoms with Crippen LogP contribution in [0.3, 0.4) is 0 Å². The fourth-order valence-electron chi connectivity index (χ4n) is 1.68. The van der Waals surface area contributed by atoms with Gasteiger partial charge in [0.25, 0.3) is 0 Å². The molecule has 0 aliphatic rings. The molecule has 90 valence electrons. The van der Waals surface area contributed by atoms with Gasteiger partial charge in [-0.1, -0.05) is 48.5 Å². The minimum atomic E-state index is 0.0201. The summed E-state index contributed by atoms with van der Waals surface area (Å²) in [6.45, 7) is 15.2. The first-order valence-electron chi connectivity index (χ1n) is 6.03. The van der Waals surface area contributed by atoms with Gasteiger partial charge in [-0.15, -0.1) is 0 Å². The molecule has 0 radical (unpaired) electrons. The molecule has 0 bridgehead atoms. The van der Waals surface area contributed by atoms with Crippen molar-refractivity contribution in [2.45, 2.75) is 65.7 Å². The summed E-state index contributed by atoms with van der Waals surface area (Å²) in [5, 5.41) is 0. The predicted octanol–water partition coefficient (Wildman–Crippen LogP) is 3.63. The van der Waals surface area contributed by atoms with Gasteiger partial charge in [-0.25, -0.2) is 9.97 Å². The normalized spacial score (nSPS) is 12.9. The minimum Gasteiger partial charge on any atom is -0.241 e. The summed E-state index contributed by atoms with van der Waals surface area (Å²) in [7, 11) is 0. The predicted molar refractivity (Wildman–Crippen MR) is 68.8 cm³/mol. The molecular weight excluding hydrogens is 196 g/mol. The molecule has 1 heterocycles. The molecule has 0 aromatic carbocycles. The smallest absolute Gasteiger partial charge is 0.133 e. The summed E-state index contributed by atoms with van der Waals surface area (Å²) in [5.41, 5.74) is 2.57. The fourth-order valence-corrected chi connectivity index (χ4v) is 1.68. The van der Waals surface area contributed by atoms with Crippen LogP contribution in [0.5, 0.6) is 0 Å². The standard InChI is InChI=1S/C14H24N2/c1-8-10-9-15-12(14(5,6)7)16-11(10)13(2,3)4/h9H,8H2,1-7H3. The second kappa shape index (κ2) is 4.15. The maximum Gasteiger partial charge on any atom is 0.133 e. The molecule has 0 spiro atoms. The number of hydrogen-bond donors (Lipinski definition) is 0. The Kier molecular flexibility index (Phi) is 3.41. The van der Waals surface area contributed by atoms with Crippen LogP contribution in [-0.4, -0.2) is 9.97 Å². The van der Waals surface area contributed by atoms with Gasteiger partial charge in [0.15, 0.2) is 0 Å². The molecule has 0 atom stereocenters. The molecule has 2 nitrogen and oxygen atoms in total. The van der Waals surface area contributed by atoms with Crippen LogP contribution in [0.4, 0.5) is 0 Å². The monoisotopic (exact) mass is 220 g/mol. The number of aromatic nitrogens is 2. The van der Waals surface area contributed by atoms with Crippen molar-refractivity contribution in [2.75, 3.05) is 0 Å². The first-order chi connectivity index (χ1) is 7.16. The second-order valence-electron chi connectivity index (χ2n) is 6.42. The lowest BCUT2D eigenvalue weighted by Crippen LogP contribution is -2.23. The Balaban J connectivity index is 3.34. The van der Waals surface area contributed by atoms with E-state index in [9.17, 15) is 0 Å². The molecule has 0 aliphatic heterocycles. The van der Waals surface area contributed by atoms with Crippen molar-refractivity contribution >= 4 is 0 Å². The molecule has 0 saturated heterocycles. The van der Waals surface area contributed by atoms with Gasteiger partial charge < -0.3 is 0 Å². The molecule has 1 aromatic rings. The molecule has 2 heteroatoms. The average molecular weight is 220 g/mol. The SMILES string of the molecule is CCc1cnc(C(C)(C)C)nc1C(C)(C)C. The van der Waals surface area contributed by atoms with E-state index in [0.29, 0.717) is 0 Å². The Bertz CT molecular complexity index is 367. The lowest BCUT2D eigenvalue weighted by molar-refractivity contribution is 0.508. The molecule has 0 amide bonds. The third-order valence-electron chi connectivity index (χ3n) is 2.63. The largest absolute Gasteiger partial charge is 0.241 e. The molecular formula is C14H24N2. The maximum absolute atomic E-state index is 4.77. The number of rotatable bonds is 1. The summed E-state index contributed by atoms with van der Waals surface area (Å²) in [5.74, 6) is 0.939. The van der Waals surface area contributed by atoms with E-state index in [1.54, 1.807) is 0 Å². The van der Waals surface area contributed by atoms with Gasteiger partial charge >= 0.3 is 0 Å². The summed E-state index contributed by atoms with van der Waals surface area (Å²) in [4.78, 5) is 9.26. The van der Waals surface area contributed by atoms with E-state index in [0.717, 1.165) is 12.2 Å². The summed E-state index contributed by atoms with van der Waals surface area (Å²) >= 11 is 0. The minimum absolute atomic E-state index is 0.0201. The molecule has 0 N–H and O–H groups in total. The Morgan fingerprint density at radius 3 is 1.94 bits per heavy atom. The van der Waals surface area contributed by atoms with Gasteiger partial charge in [-0.05, 0) is 12.0 Å². The molecule has 0 aliphatic carbocycles. The topological polar surface area (TPSA) is 25.8 Å². The molecule has 1 rings (SSSR count). The highest BCUT2D eigenvalue weighted by Gasteiger charge is 2.24. The van der Waals surface area contributed by atoms with Gasteiger partial charge in [0.2, 0.25) is 0 Å². The first-order valence-corrected chi connectivity index (χ1v) is 6.03. The van der Waals surface area contributed by atoms with Crippen molar-refractivity contribution in [3.8, 4) is 0 Å². The van der Waals surface area contributed by atoms with Gasteiger partial charge in [-0.3, -0.25) is 0 Å². The zero-order valence-corrected chi connectivity index (χ0v) is 11.7. The summed E-state index contributed by atoms with van der Waals surface area (Å²) < 4.78 is 0. The third-order valence-corrected chi connectivity index (χ3v) is 2.63. The third kappa shape index (κ3) is 2.81. The van der Waals surface area contributed by atoms with Crippen LogP contribution in [-0.2, 0) is 17.3 Å². The van der Waals surface area contributed by atoms with E-state index in [1.807, 2.05) is 6.20 Å². The van der Waals surface area contributed by atoms with Crippen LogP contribution >= 0.6 is 0 Å². The van der Waals surface area contributed by atoms with Crippen molar-refractivity contribution in [3.05, 3.63) is 23.3 Å². The van der Waals surface area contributed by atoms with Crippen molar-refractivity contribution in [3.63, 3.8) is 0 Å². The van der Waals surface area contributed by atoms with Crippen LogP contribution in [0.25, 0.3) is 0 Å². The molecule has 0 unspecified atom stereocenters. The average Bonchev–Trinajstić information content (AvgIpc) is 2.14. The zero-order chi connectivity index (χ0) is 12.6. The number of nitrogens with zero attached hydrogens (tertiary/aromatic N) is 2. The Hall–Kier alpha value is -0.920. The van der Waals surface area contributed by atoms with E-state index >= 15 is 0 Å². The van der Waals surface area contributed by atoms with Crippen LogP contribution in [0.1, 0.15) is 65.5 Å². The number of hydrogen-bond acceptors (Lipinski definition) is 2. The van der Waals surface area contributed by atoms with Gasteiger partial charge in [0.05, 0.1) is 5.69 Å². The van der Waals surface area contributed by atoms with E-state index in [2.05, 4.69) is 53.5 Å². The summed E-state index contributed by atoms with van der Waals surface area (Å²) in [6, 6.07) is 0. The molecule has 0 fully saturated rings. The second-order valence-corrected chi connectivity index (χ2v) is 6.42. The highest BCUT2D eigenvalue weighted by molar-refractivity contribution is 5.25. The van der Waals surface area contributed by atoms with E-state index in [1.165, 1.54) is 11.3 Å². The Morgan fingerprint density at radius 1 is 1.00 bits per heavy atom. The molecule has 1 aromatic heterocycles. The van der Waals surface area contributed by atoms with E-state index in [-0.39, 0.29) is 10.8 Å². The summed E-state index contributed by atoms with van der Waals surface area (Å²) in [6.07, 6.45) is 2.99.